The molecule has 0 radical (unpaired) electrons. The fourth-order valence-electron chi connectivity index (χ4n) is 0.244. The number of carbonyl (C=O) groups is 1. The molecular formula is C5H7NO2S. The van der Waals surface area contributed by atoms with Crippen LogP contribution in [0.5, 0.6) is 0 Å². The van der Waals surface area contributed by atoms with Gasteiger partial charge >= 0.3 is 5.97 Å². The summed E-state index contributed by atoms with van der Waals surface area (Å²) in [6.45, 7) is 1.38. The van der Waals surface area contributed by atoms with Crippen LogP contribution in [0.1, 0.15) is 6.92 Å². The van der Waals surface area contributed by atoms with Crippen LogP contribution in [-0.2, 0) is 9.53 Å². The van der Waals surface area contributed by atoms with E-state index in [1.54, 1.807) is 6.07 Å². The van der Waals surface area contributed by atoms with E-state index >= 15 is 0 Å². The molecule has 0 aliphatic rings. The van der Waals surface area contributed by atoms with Gasteiger partial charge in [0.2, 0.25) is 0 Å². The van der Waals surface area contributed by atoms with E-state index in [2.05, 4.69) is 17.4 Å². The molecule has 0 aromatic carbocycles. The van der Waals surface area contributed by atoms with E-state index in [1.165, 1.54) is 14.0 Å². The van der Waals surface area contributed by atoms with Gasteiger partial charge in [-0.05, 0) is 6.92 Å². The van der Waals surface area contributed by atoms with Crippen LogP contribution >= 0.6 is 12.6 Å². The topological polar surface area (TPSA) is 50.1 Å². The number of thiol groups is 1. The molecule has 4 heteroatoms. The number of ether oxygens (including phenoxy) is 1. The molecule has 0 saturated heterocycles. The largest absolute Gasteiger partial charge is 0.467 e. The Hall–Kier alpha value is -0.690. The van der Waals surface area contributed by atoms with Crippen molar-refractivity contribution in [3.05, 3.63) is 0 Å². The Morgan fingerprint density at radius 1 is 1.89 bits per heavy atom. The van der Waals surface area contributed by atoms with Gasteiger partial charge < -0.3 is 4.74 Å². The first-order valence-corrected chi connectivity index (χ1v) is 2.71. The molecule has 0 spiro atoms. The molecule has 3 nitrogen and oxygen atoms in total. The Balaban J connectivity index is 4.19. The summed E-state index contributed by atoms with van der Waals surface area (Å²) >= 11 is 3.73. The van der Waals surface area contributed by atoms with Crippen LogP contribution in [0.2, 0.25) is 0 Å². The lowest BCUT2D eigenvalue weighted by molar-refractivity contribution is -0.141. The van der Waals surface area contributed by atoms with E-state index in [0.29, 0.717) is 0 Å². The van der Waals surface area contributed by atoms with Gasteiger partial charge in [0.25, 0.3) is 0 Å². The number of esters is 1. The highest BCUT2D eigenvalue weighted by atomic mass is 32.1. The lowest BCUT2D eigenvalue weighted by atomic mass is 10.2. The normalized spacial score (nSPS) is 15.3. The Labute approximate surface area is 59.0 Å². The average molecular weight is 145 g/mol. The third kappa shape index (κ3) is 1.94. The molecule has 9 heavy (non-hydrogen) atoms. The van der Waals surface area contributed by atoms with Gasteiger partial charge in [-0.1, -0.05) is 0 Å². The van der Waals surface area contributed by atoms with Crippen molar-refractivity contribution >= 4 is 18.6 Å². The number of rotatable bonds is 1. The molecule has 50 valence electrons. The summed E-state index contributed by atoms with van der Waals surface area (Å²) in [4.78, 5) is 10.5. The van der Waals surface area contributed by atoms with Crippen molar-refractivity contribution in [1.29, 1.82) is 5.26 Å². The number of hydrogen-bond acceptors (Lipinski definition) is 4. The predicted octanol–water partition coefficient (Wildman–Crippen LogP) is 0.371. The molecule has 0 amide bonds. The summed E-state index contributed by atoms with van der Waals surface area (Å²) in [6, 6.07) is 1.68. The van der Waals surface area contributed by atoms with E-state index in [1.807, 2.05) is 0 Å². The zero-order valence-electron chi connectivity index (χ0n) is 5.21. The minimum Gasteiger partial charge on any atom is -0.467 e. The van der Waals surface area contributed by atoms with Gasteiger partial charge in [0.1, 0.15) is 0 Å². The fourth-order valence-corrected chi connectivity index (χ4v) is 0.336. The summed E-state index contributed by atoms with van der Waals surface area (Å²) in [6.07, 6.45) is 0. The summed E-state index contributed by atoms with van der Waals surface area (Å²) in [5, 5.41) is 8.27. The van der Waals surface area contributed by atoms with Crippen LogP contribution < -0.4 is 0 Å². The second-order valence-electron chi connectivity index (χ2n) is 1.68. The van der Waals surface area contributed by atoms with Gasteiger partial charge in [-0.15, -0.1) is 12.6 Å². The lowest BCUT2D eigenvalue weighted by Crippen LogP contribution is -2.27. The fraction of sp³-hybridized carbons (Fsp3) is 0.600. The van der Waals surface area contributed by atoms with Gasteiger partial charge in [0, 0.05) is 0 Å². The van der Waals surface area contributed by atoms with Crippen LogP contribution in [-0.4, -0.2) is 17.8 Å². The van der Waals surface area contributed by atoms with Crippen molar-refractivity contribution in [2.24, 2.45) is 0 Å². The maximum Gasteiger partial charge on any atom is 0.336 e. The Morgan fingerprint density at radius 2 is 2.33 bits per heavy atom. The summed E-state index contributed by atoms with van der Waals surface area (Å²) in [5.74, 6) is -0.631. The highest BCUT2D eigenvalue weighted by molar-refractivity contribution is 7.83. The smallest absolute Gasteiger partial charge is 0.336 e. The van der Waals surface area contributed by atoms with Gasteiger partial charge in [-0.3, -0.25) is 0 Å². The molecule has 0 rings (SSSR count). The minimum atomic E-state index is -1.31. The van der Waals surface area contributed by atoms with Crippen LogP contribution in [0.25, 0.3) is 0 Å². The number of nitrogens with zero attached hydrogens (tertiary/aromatic N) is 1. The van der Waals surface area contributed by atoms with E-state index in [-0.39, 0.29) is 0 Å². The monoisotopic (exact) mass is 145 g/mol. The molecule has 1 atom stereocenters. The third-order valence-electron chi connectivity index (χ3n) is 0.801. The first-order valence-electron chi connectivity index (χ1n) is 2.26. The summed E-state index contributed by atoms with van der Waals surface area (Å²) < 4.78 is 2.96. The first-order chi connectivity index (χ1) is 4.04. The summed E-state index contributed by atoms with van der Waals surface area (Å²) in [7, 11) is 1.22. The van der Waals surface area contributed by atoms with Gasteiger partial charge in [-0.25, -0.2) is 4.79 Å². The average Bonchev–Trinajstić information content (AvgIpc) is 1.86. The standard InChI is InChI=1S/C5H7NO2S/c1-5(9,3-6)4(7)8-2/h9H,1-2H3. The summed E-state index contributed by atoms with van der Waals surface area (Å²) in [5.41, 5.74) is 0. The first kappa shape index (κ1) is 8.31. The minimum absolute atomic E-state index is 0.631. The van der Waals surface area contributed by atoms with E-state index in [9.17, 15) is 4.79 Å². The van der Waals surface area contributed by atoms with E-state index in [0.717, 1.165) is 0 Å². The van der Waals surface area contributed by atoms with E-state index in [4.69, 9.17) is 5.26 Å². The maximum absolute atomic E-state index is 10.5. The molecule has 0 saturated carbocycles. The maximum atomic E-state index is 10.5. The van der Waals surface area contributed by atoms with Crippen molar-refractivity contribution < 1.29 is 9.53 Å². The van der Waals surface area contributed by atoms with Crippen molar-refractivity contribution in [3.8, 4) is 6.07 Å². The Morgan fingerprint density at radius 3 is 2.44 bits per heavy atom. The third-order valence-corrected chi connectivity index (χ3v) is 1.08. The molecule has 0 aromatic heterocycles. The molecular weight excluding hydrogens is 138 g/mol. The zero-order chi connectivity index (χ0) is 7.49. The zero-order valence-corrected chi connectivity index (χ0v) is 6.11. The highest BCUT2D eigenvalue weighted by Gasteiger charge is 2.29. The molecule has 0 heterocycles. The molecule has 0 aliphatic heterocycles. The van der Waals surface area contributed by atoms with Crippen molar-refractivity contribution in [3.63, 3.8) is 0 Å². The molecule has 0 N–H and O–H groups in total. The van der Waals surface area contributed by atoms with Crippen molar-refractivity contribution in [1.82, 2.24) is 0 Å². The second-order valence-corrected chi connectivity index (χ2v) is 2.57. The Kier molecular flexibility index (Phi) is 2.53. The van der Waals surface area contributed by atoms with Crippen molar-refractivity contribution in [2.45, 2.75) is 11.7 Å². The van der Waals surface area contributed by atoms with Crippen LogP contribution in [0, 0.1) is 11.3 Å². The lowest BCUT2D eigenvalue weighted by Gasteiger charge is -2.08. The molecule has 0 fully saturated rings. The van der Waals surface area contributed by atoms with Crippen LogP contribution in [0.4, 0.5) is 0 Å². The van der Waals surface area contributed by atoms with Crippen LogP contribution in [0.15, 0.2) is 0 Å². The van der Waals surface area contributed by atoms with Crippen LogP contribution in [0.3, 0.4) is 0 Å². The molecule has 0 aromatic rings. The van der Waals surface area contributed by atoms with E-state index < -0.39 is 10.7 Å². The molecule has 0 bridgehead atoms. The second kappa shape index (κ2) is 2.74. The molecule has 0 aliphatic carbocycles. The number of nitriles is 1. The molecule has 1 unspecified atom stereocenters. The van der Waals surface area contributed by atoms with Crippen molar-refractivity contribution in [2.75, 3.05) is 7.11 Å². The van der Waals surface area contributed by atoms with Gasteiger partial charge in [-0.2, -0.15) is 5.26 Å². The van der Waals surface area contributed by atoms with Gasteiger partial charge in [0.05, 0.1) is 13.2 Å². The number of carbonyl (C=O) groups excluding carboxylic acids is 1. The van der Waals surface area contributed by atoms with Gasteiger partial charge in [0.15, 0.2) is 4.75 Å². The SMILES string of the molecule is COC(=O)C(C)(S)C#N. The number of methoxy groups -OCH3 is 1. The quantitative estimate of drug-likeness (QED) is 0.428. The highest BCUT2D eigenvalue weighted by Crippen LogP contribution is 2.12. The predicted molar refractivity (Wildman–Crippen MR) is 35.0 cm³/mol. The Bertz CT molecular complexity index is 159. The number of hydrogen-bond donors (Lipinski definition) is 1.